The van der Waals surface area contributed by atoms with Crippen molar-refractivity contribution in [1.82, 2.24) is 10.2 Å². The number of carbonyl (C=O) groups excluding carboxylic acids is 2. The smallest absolute Gasteiger partial charge is 0.326 e. The van der Waals surface area contributed by atoms with E-state index in [1.54, 1.807) is 0 Å². The van der Waals surface area contributed by atoms with E-state index in [1.807, 2.05) is 0 Å². The third kappa shape index (κ3) is 4.00. The predicted molar refractivity (Wildman–Crippen MR) is 87.3 cm³/mol. The van der Waals surface area contributed by atoms with E-state index >= 15 is 0 Å². The van der Waals surface area contributed by atoms with Crippen LogP contribution >= 0.6 is 0 Å². The van der Waals surface area contributed by atoms with Crippen molar-refractivity contribution in [2.45, 2.75) is 31.7 Å². The van der Waals surface area contributed by atoms with Gasteiger partial charge in [-0.1, -0.05) is 0 Å². The molecule has 1 aliphatic heterocycles. The van der Waals surface area contributed by atoms with Gasteiger partial charge in [-0.25, -0.2) is 13.6 Å². The van der Waals surface area contributed by atoms with E-state index in [0.29, 0.717) is 18.9 Å². The molecule has 2 amide bonds. The van der Waals surface area contributed by atoms with Crippen LogP contribution in [0.2, 0.25) is 0 Å². The number of nitrogens with zero attached hydrogens (tertiary/aromatic N) is 1. The van der Waals surface area contributed by atoms with E-state index in [-0.39, 0.29) is 36.4 Å². The molecule has 1 aromatic rings. The molecule has 140 valence electrons. The van der Waals surface area contributed by atoms with Crippen LogP contribution in [0.1, 0.15) is 36.0 Å². The third-order valence-corrected chi connectivity index (χ3v) is 4.97. The Hall–Kier alpha value is -2.51. The Morgan fingerprint density at radius 3 is 2.31 bits per heavy atom. The van der Waals surface area contributed by atoms with Crippen LogP contribution in [0.3, 0.4) is 0 Å². The molecular formula is C18H20F2N2O4. The number of halogens is 2. The fourth-order valence-electron chi connectivity index (χ4n) is 3.26. The maximum atomic E-state index is 13.8. The Labute approximate surface area is 149 Å². The van der Waals surface area contributed by atoms with Crippen LogP contribution in [-0.2, 0) is 9.59 Å². The number of amides is 2. The largest absolute Gasteiger partial charge is 0.480 e. The molecule has 2 aliphatic rings. The molecule has 26 heavy (non-hydrogen) atoms. The zero-order chi connectivity index (χ0) is 18.8. The SMILES string of the molecule is O=C(NC(C(=O)O)C1CC1)C1CCN(C(=O)c2ccc(F)cc2F)CC1. The summed E-state index contributed by atoms with van der Waals surface area (Å²) < 4.78 is 26.7. The van der Waals surface area contributed by atoms with Crippen molar-refractivity contribution in [3.63, 3.8) is 0 Å². The fourth-order valence-corrected chi connectivity index (χ4v) is 3.26. The van der Waals surface area contributed by atoms with Crippen LogP contribution in [0.4, 0.5) is 8.78 Å². The van der Waals surface area contributed by atoms with Gasteiger partial charge in [-0.2, -0.15) is 0 Å². The summed E-state index contributed by atoms with van der Waals surface area (Å²) in [6.45, 7) is 0.518. The average Bonchev–Trinajstić information content (AvgIpc) is 3.43. The maximum Gasteiger partial charge on any atom is 0.326 e. The number of likely N-dealkylation sites (tertiary alicyclic amines) is 1. The molecule has 0 bridgehead atoms. The molecule has 3 rings (SSSR count). The zero-order valence-corrected chi connectivity index (χ0v) is 14.1. The standard InChI is InChI=1S/C18H20F2N2O4/c19-12-3-4-13(14(20)9-12)17(24)22-7-5-11(6-8-22)16(23)21-15(18(25)26)10-1-2-10/h3-4,9-11,15H,1-2,5-8H2,(H,21,23)(H,25,26). The van der Waals surface area contributed by atoms with Gasteiger partial charge in [0.15, 0.2) is 0 Å². The van der Waals surface area contributed by atoms with Crippen LogP contribution in [0.5, 0.6) is 0 Å². The highest BCUT2D eigenvalue weighted by Crippen LogP contribution is 2.33. The van der Waals surface area contributed by atoms with Crippen molar-refractivity contribution in [2.24, 2.45) is 11.8 Å². The lowest BCUT2D eigenvalue weighted by atomic mass is 9.94. The highest BCUT2D eigenvalue weighted by Gasteiger charge is 2.39. The minimum absolute atomic E-state index is 0.000400. The molecule has 1 atom stereocenters. The molecule has 1 unspecified atom stereocenters. The van der Waals surface area contributed by atoms with Gasteiger partial charge in [-0.3, -0.25) is 9.59 Å². The number of benzene rings is 1. The van der Waals surface area contributed by atoms with Crippen molar-refractivity contribution >= 4 is 17.8 Å². The molecule has 1 aliphatic carbocycles. The number of carboxylic acid groups (broad SMARTS) is 1. The molecule has 1 saturated heterocycles. The molecule has 2 fully saturated rings. The molecule has 1 heterocycles. The van der Waals surface area contributed by atoms with Gasteiger partial charge in [-0.15, -0.1) is 0 Å². The molecule has 1 aromatic carbocycles. The second kappa shape index (κ2) is 7.39. The lowest BCUT2D eigenvalue weighted by molar-refractivity contribution is -0.143. The lowest BCUT2D eigenvalue weighted by Gasteiger charge is -2.32. The summed E-state index contributed by atoms with van der Waals surface area (Å²) in [7, 11) is 0. The predicted octanol–water partition coefficient (Wildman–Crippen LogP) is 1.80. The van der Waals surface area contributed by atoms with Crippen LogP contribution < -0.4 is 5.32 Å². The molecular weight excluding hydrogens is 346 g/mol. The molecule has 8 heteroatoms. The first-order valence-corrected chi connectivity index (χ1v) is 8.64. The van der Waals surface area contributed by atoms with Crippen molar-refractivity contribution in [1.29, 1.82) is 0 Å². The summed E-state index contributed by atoms with van der Waals surface area (Å²) in [6, 6.07) is 1.95. The first-order valence-electron chi connectivity index (χ1n) is 8.64. The molecule has 0 radical (unpaired) electrons. The molecule has 0 spiro atoms. The summed E-state index contributed by atoms with van der Waals surface area (Å²) in [5.41, 5.74) is -0.200. The Morgan fingerprint density at radius 2 is 1.77 bits per heavy atom. The summed E-state index contributed by atoms with van der Waals surface area (Å²) in [5.74, 6) is -3.92. The number of carbonyl (C=O) groups is 3. The number of aliphatic carboxylic acids is 1. The first-order chi connectivity index (χ1) is 12.4. The van der Waals surface area contributed by atoms with Crippen molar-refractivity contribution < 1.29 is 28.3 Å². The number of nitrogens with one attached hydrogen (secondary N) is 1. The molecule has 6 nitrogen and oxygen atoms in total. The first kappa shape index (κ1) is 18.3. The van der Waals surface area contributed by atoms with Gasteiger partial charge in [0.25, 0.3) is 5.91 Å². The summed E-state index contributed by atoms with van der Waals surface area (Å²) in [4.78, 5) is 37.3. The van der Waals surface area contributed by atoms with Gasteiger partial charge in [0, 0.05) is 25.1 Å². The zero-order valence-electron chi connectivity index (χ0n) is 14.1. The Bertz CT molecular complexity index is 728. The Balaban J connectivity index is 1.55. The minimum Gasteiger partial charge on any atom is -0.480 e. The van der Waals surface area contributed by atoms with Crippen molar-refractivity contribution in [2.75, 3.05) is 13.1 Å². The van der Waals surface area contributed by atoms with E-state index in [9.17, 15) is 28.3 Å². The summed E-state index contributed by atoms with van der Waals surface area (Å²) in [6.07, 6.45) is 2.34. The van der Waals surface area contributed by atoms with E-state index in [2.05, 4.69) is 5.32 Å². The highest BCUT2D eigenvalue weighted by atomic mass is 19.1. The normalized spacial score (nSPS) is 19.1. The van der Waals surface area contributed by atoms with Gasteiger partial charge < -0.3 is 15.3 Å². The number of piperidine rings is 1. The fraction of sp³-hybridized carbons (Fsp3) is 0.500. The second-order valence-electron chi connectivity index (χ2n) is 6.85. The summed E-state index contributed by atoms with van der Waals surface area (Å²) >= 11 is 0. The summed E-state index contributed by atoms with van der Waals surface area (Å²) in [5, 5.41) is 11.8. The third-order valence-electron chi connectivity index (χ3n) is 4.97. The number of hydrogen-bond donors (Lipinski definition) is 2. The van der Waals surface area contributed by atoms with Gasteiger partial charge in [0.1, 0.15) is 17.7 Å². The van der Waals surface area contributed by atoms with E-state index in [0.717, 1.165) is 25.0 Å². The van der Waals surface area contributed by atoms with Crippen molar-refractivity contribution in [3.8, 4) is 0 Å². The van der Waals surface area contributed by atoms with Crippen molar-refractivity contribution in [3.05, 3.63) is 35.4 Å². The minimum atomic E-state index is -1.03. The van der Waals surface area contributed by atoms with Crippen LogP contribution in [0.25, 0.3) is 0 Å². The average molecular weight is 366 g/mol. The van der Waals surface area contributed by atoms with E-state index in [1.165, 1.54) is 4.90 Å². The lowest BCUT2D eigenvalue weighted by Crippen LogP contribution is -2.48. The molecule has 1 saturated carbocycles. The molecule has 2 N–H and O–H groups in total. The van der Waals surface area contributed by atoms with E-state index < -0.39 is 29.6 Å². The maximum absolute atomic E-state index is 13.8. The second-order valence-corrected chi connectivity index (χ2v) is 6.85. The highest BCUT2D eigenvalue weighted by molar-refractivity contribution is 5.94. The van der Waals surface area contributed by atoms with Gasteiger partial charge in [0.05, 0.1) is 5.56 Å². The Morgan fingerprint density at radius 1 is 1.12 bits per heavy atom. The molecule has 0 aromatic heterocycles. The monoisotopic (exact) mass is 366 g/mol. The van der Waals surface area contributed by atoms with E-state index in [4.69, 9.17) is 0 Å². The van der Waals surface area contributed by atoms with Crippen LogP contribution in [-0.4, -0.2) is 46.9 Å². The van der Waals surface area contributed by atoms with Gasteiger partial charge in [-0.05, 0) is 43.7 Å². The van der Waals surface area contributed by atoms with Crippen LogP contribution in [0.15, 0.2) is 18.2 Å². The Kier molecular flexibility index (Phi) is 5.20. The quantitative estimate of drug-likeness (QED) is 0.832. The topological polar surface area (TPSA) is 86.7 Å². The number of hydrogen-bond acceptors (Lipinski definition) is 3. The van der Waals surface area contributed by atoms with Gasteiger partial charge >= 0.3 is 5.97 Å². The van der Waals surface area contributed by atoms with Crippen LogP contribution in [0, 0.1) is 23.5 Å². The number of carboxylic acids is 1. The van der Waals surface area contributed by atoms with Gasteiger partial charge in [0.2, 0.25) is 5.91 Å². The number of rotatable bonds is 5.